The Balaban J connectivity index is 3.04. The van der Waals surface area contributed by atoms with Gasteiger partial charge in [-0.1, -0.05) is 0 Å². The number of ether oxygens (including phenoxy) is 2. The van der Waals surface area contributed by atoms with E-state index in [4.69, 9.17) is 10.5 Å². The molecule has 120 valence electrons. The minimum atomic E-state index is -3.56. The summed E-state index contributed by atoms with van der Waals surface area (Å²) >= 11 is 0.959. The number of thiophene rings is 1. The minimum absolute atomic E-state index is 0.0718. The second-order valence-corrected chi connectivity index (χ2v) is 7.59. The van der Waals surface area contributed by atoms with Crippen molar-refractivity contribution in [2.75, 3.05) is 37.6 Å². The predicted molar refractivity (Wildman–Crippen MR) is 82.8 cm³/mol. The summed E-state index contributed by atoms with van der Waals surface area (Å²) in [4.78, 5) is 11.6. The monoisotopic (exact) mass is 336 g/mol. The highest BCUT2D eigenvalue weighted by atomic mass is 32.2. The van der Waals surface area contributed by atoms with Crippen LogP contribution in [-0.4, -0.2) is 47.0 Å². The highest BCUT2D eigenvalue weighted by Crippen LogP contribution is 2.39. The van der Waals surface area contributed by atoms with E-state index in [1.54, 1.807) is 0 Å². The number of nitrogens with one attached hydrogen (secondary N) is 1. The van der Waals surface area contributed by atoms with Crippen LogP contribution in [0.2, 0.25) is 0 Å². The van der Waals surface area contributed by atoms with Gasteiger partial charge in [0.05, 0.1) is 25.5 Å². The van der Waals surface area contributed by atoms with Crippen LogP contribution < -0.4 is 11.1 Å². The molecule has 0 amide bonds. The lowest BCUT2D eigenvalue weighted by Gasteiger charge is -2.09. The summed E-state index contributed by atoms with van der Waals surface area (Å²) in [5.74, 6) is -0.658. The van der Waals surface area contributed by atoms with Gasteiger partial charge in [-0.25, -0.2) is 13.2 Å². The zero-order valence-electron chi connectivity index (χ0n) is 12.4. The minimum Gasteiger partial charge on any atom is -0.465 e. The lowest BCUT2D eigenvalue weighted by atomic mass is 10.4. The Bertz CT molecular complexity index is 607. The Morgan fingerprint density at radius 1 is 1.43 bits per heavy atom. The van der Waals surface area contributed by atoms with Crippen molar-refractivity contribution < 1.29 is 22.7 Å². The summed E-state index contributed by atoms with van der Waals surface area (Å²) in [5, 5.41) is 3.26. The van der Waals surface area contributed by atoms with Crippen LogP contribution >= 0.6 is 11.3 Å². The second kappa shape index (κ2) is 7.10. The van der Waals surface area contributed by atoms with Crippen LogP contribution in [0.25, 0.3) is 0 Å². The number of carbonyl (C=O) groups excluding carboxylic acids is 1. The quantitative estimate of drug-likeness (QED) is 0.571. The van der Waals surface area contributed by atoms with Crippen LogP contribution in [0.15, 0.2) is 4.90 Å². The van der Waals surface area contributed by atoms with Crippen LogP contribution in [0.3, 0.4) is 0 Å². The summed E-state index contributed by atoms with van der Waals surface area (Å²) in [7, 11) is -2.35. The van der Waals surface area contributed by atoms with Crippen molar-refractivity contribution in [1.82, 2.24) is 0 Å². The van der Waals surface area contributed by atoms with E-state index in [1.165, 1.54) is 7.11 Å². The second-order valence-electron chi connectivity index (χ2n) is 4.61. The molecule has 7 nitrogen and oxygen atoms in total. The smallest absolute Gasteiger partial charge is 0.350 e. The summed E-state index contributed by atoms with van der Waals surface area (Å²) in [6.07, 6.45) is 1.13. The molecule has 1 aromatic heterocycles. The SMILES string of the molecule is COC(=O)c1sc(NCCOC(C)C)c(S(C)(=O)=O)c1N. The molecular formula is C12H20N2O5S2. The van der Waals surface area contributed by atoms with E-state index in [9.17, 15) is 13.2 Å². The number of carbonyl (C=O) groups is 1. The van der Waals surface area contributed by atoms with Gasteiger partial charge in [-0.05, 0) is 13.8 Å². The van der Waals surface area contributed by atoms with Gasteiger partial charge in [0.1, 0.15) is 14.8 Å². The average molecular weight is 336 g/mol. The van der Waals surface area contributed by atoms with E-state index in [2.05, 4.69) is 10.1 Å². The fourth-order valence-electron chi connectivity index (χ4n) is 1.62. The first-order chi connectivity index (χ1) is 9.68. The molecule has 0 saturated heterocycles. The first-order valence-electron chi connectivity index (χ1n) is 6.24. The molecule has 0 spiro atoms. The third kappa shape index (κ3) is 4.58. The third-order valence-electron chi connectivity index (χ3n) is 2.48. The van der Waals surface area contributed by atoms with Crippen molar-refractivity contribution >= 4 is 37.8 Å². The van der Waals surface area contributed by atoms with Crippen molar-refractivity contribution in [1.29, 1.82) is 0 Å². The normalized spacial score (nSPS) is 11.7. The van der Waals surface area contributed by atoms with Crippen molar-refractivity contribution in [3.8, 4) is 0 Å². The van der Waals surface area contributed by atoms with Gasteiger partial charge in [0.15, 0.2) is 9.84 Å². The van der Waals surface area contributed by atoms with Crippen molar-refractivity contribution in [2.45, 2.75) is 24.8 Å². The Kier molecular flexibility index (Phi) is 5.99. The van der Waals surface area contributed by atoms with Gasteiger partial charge in [-0.2, -0.15) is 0 Å². The summed E-state index contributed by atoms with van der Waals surface area (Å²) in [5.41, 5.74) is 5.70. The number of hydrogen-bond donors (Lipinski definition) is 2. The number of anilines is 2. The van der Waals surface area contributed by atoms with Gasteiger partial charge < -0.3 is 20.5 Å². The zero-order chi connectivity index (χ0) is 16.2. The van der Waals surface area contributed by atoms with Crippen LogP contribution in [0.1, 0.15) is 23.5 Å². The maximum absolute atomic E-state index is 11.8. The maximum atomic E-state index is 11.8. The molecule has 0 fully saturated rings. The molecule has 0 aliphatic carbocycles. The number of hydrogen-bond acceptors (Lipinski definition) is 8. The third-order valence-corrected chi connectivity index (χ3v) is 4.92. The summed E-state index contributed by atoms with van der Waals surface area (Å²) in [6.45, 7) is 4.62. The molecule has 9 heteroatoms. The first-order valence-corrected chi connectivity index (χ1v) is 8.95. The number of nitrogen functional groups attached to an aromatic ring is 1. The molecule has 3 N–H and O–H groups in total. The van der Waals surface area contributed by atoms with Crippen molar-refractivity contribution in [3.63, 3.8) is 0 Å². The number of esters is 1. The zero-order valence-corrected chi connectivity index (χ0v) is 14.1. The summed E-state index contributed by atoms with van der Waals surface area (Å²) in [6, 6.07) is 0. The summed E-state index contributed by atoms with van der Waals surface area (Å²) < 4.78 is 33.6. The highest BCUT2D eigenvalue weighted by molar-refractivity contribution is 7.91. The molecule has 0 aliphatic rings. The van der Waals surface area contributed by atoms with E-state index < -0.39 is 15.8 Å². The molecule has 0 aromatic carbocycles. The molecule has 0 unspecified atom stereocenters. The molecule has 0 radical (unpaired) electrons. The van der Waals surface area contributed by atoms with E-state index >= 15 is 0 Å². The topological polar surface area (TPSA) is 108 Å². The lowest BCUT2D eigenvalue weighted by molar-refractivity contribution is 0.0607. The molecule has 0 saturated carbocycles. The van der Waals surface area contributed by atoms with Crippen LogP contribution in [0.4, 0.5) is 10.7 Å². The fraction of sp³-hybridized carbons (Fsp3) is 0.583. The van der Waals surface area contributed by atoms with Gasteiger partial charge >= 0.3 is 5.97 Å². The Morgan fingerprint density at radius 3 is 2.52 bits per heavy atom. The van der Waals surface area contributed by atoms with E-state index in [0.717, 1.165) is 17.6 Å². The van der Waals surface area contributed by atoms with Crippen LogP contribution in [0, 0.1) is 0 Å². The Morgan fingerprint density at radius 2 is 2.05 bits per heavy atom. The molecule has 0 atom stereocenters. The molecule has 1 aromatic rings. The standard InChI is InChI=1S/C12H20N2O5S2/c1-7(2)19-6-5-14-11-10(21(4,16)17)8(13)9(20-11)12(15)18-3/h7,14H,5-6,13H2,1-4H3. The lowest BCUT2D eigenvalue weighted by Crippen LogP contribution is -2.14. The van der Waals surface area contributed by atoms with Gasteiger partial charge in [-0.3, -0.25) is 0 Å². The maximum Gasteiger partial charge on any atom is 0.350 e. The number of methoxy groups -OCH3 is 1. The number of sulfone groups is 1. The Hall–Kier alpha value is -1.32. The number of nitrogens with two attached hydrogens (primary N) is 1. The molecule has 0 aliphatic heterocycles. The van der Waals surface area contributed by atoms with Gasteiger partial charge in [0.2, 0.25) is 0 Å². The largest absolute Gasteiger partial charge is 0.465 e. The van der Waals surface area contributed by atoms with Gasteiger partial charge in [-0.15, -0.1) is 11.3 Å². The van der Waals surface area contributed by atoms with E-state index in [-0.39, 0.29) is 21.6 Å². The van der Waals surface area contributed by atoms with Crippen LogP contribution in [-0.2, 0) is 19.3 Å². The van der Waals surface area contributed by atoms with E-state index in [0.29, 0.717) is 18.2 Å². The number of rotatable bonds is 7. The molecule has 0 bridgehead atoms. The molecular weight excluding hydrogens is 316 g/mol. The highest BCUT2D eigenvalue weighted by Gasteiger charge is 2.27. The van der Waals surface area contributed by atoms with Gasteiger partial charge in [0.25, 0.3) is 0 Å². The fourth-order valence-corrected chi connectivity index (χ4v) is 4.13. The predicted octanol–water partition coefficient (Wildman–Crippen LogP) is 1.36. The molecule has 1 rings (SSSR count). The van der Waals surface area contributed by atoms with E-state index in [1.807, 2.05) is 13.8 Å². The van der Waals surface area contributed by atoms with Crippen molar-refractivity contribution in [3.05, 3.63) is 4.88 Å². The first kappa shape index (κ1) is 17.7. The Labute approximate surface area is 128 Å². The van der Waals surface area contributed by atoms with Gasteiger partial charge in [0, 0.05) is 12.8 Å². The average Bonchev–Trinajstić information content (AvgIpc) is 2.70. The van der Waals surface area contributed by atoms with Crippen molar-refractivity contribution in [2.24, 2.45) is 0 Å². The molecule has 21 heavy (non-hydrogen) atoms. The van der Waals surface area contributed by atoms with Crippen LogP contribution in [0.5, 0.6) is 0 Å². The molecule has 1 heterocycles.